The predicted octanol–water partition coefficient (Wildman–Crippen LogP) is 0.965. The summed E-state index contributed by atoms with van der Waals surface area (Å²) >= 11 is 0. The maximum Gasteiger partial charge on any atom is 0.294 e. The summed E-state index contributed by atoms with van der Waals surface area (Å²) in [7, 11) is 0. The smallest absolute Gasteiger partial charge is 0.294 e. The first-order valence-electron chi connectivity index (χ1n) is 5.05. The molecule has 1 N–H and O–H groups in total. The van der Waals surface area contributed by atoms with Gasteiger partial charge in [0.25, 0.3) is 22.1 Å². The van der Waals surface area contributed by atoms with E-state index in [2.05, 4.69) is 0 Å². The zero-order valence-electron chi connectivity index (χ0n) is 8.70. The molecule has 3 rings (SSSR count). The van der Waals surface area contributed by atoms with Gasteiger partial charge in [-0.1, -0.05) is 12.1 Å². The summed E-state index contributed by atoms with van der Waals surface area (Å²) in [5, 5.41) is 33.4. The summed E-state index contributed by atoms with van der Waals surface area (Å²) in [6, 6.07) is 10.6. The van der Waals surface area contributed by atoms with Gasteiger partial charge in [-0.05, 0) is 6.07 Å². The second-order valence-electron chi connectivity index (χ2n) is 3.75. The Morgan fingerprint density at radius 2 is 1.29 bits per heavy atom. The predicted molar refractivity (Wildman–Crippen MR) is 61.0 cm³/mol. The van der Waals surface area contributed by atoms with E-state index in [-0.39, 0.29) is 22.3 Å². The number of aromatic hydroxyl groups is 1. The molecule has 0 spiro atoms. The highest BCUT2D eigenvalue weighted by molar-refractivity contribution is 5.77. The Balaban J connectivity index is 2.63. The molecule has 0 aliphatic heterocycles. The molecule has 2 aromatic carbocycles. The minimum Gasteiger partial charge on any atom is -0.617 e. The molecule has 0 amide bonds. The van der Waals surface area contributed by atoms with Gasteiger partial charge in [-0.15, -0.1) is 0 Å². The summed E-state index contributed by atoms with van der Waals surface area (Å²) in [4.78, 5) is 0. The van der Waals surface area contributed by atoms with Crippen molar-refractivity contribution in [3.8, 4) is 5.75 Å². The average molecular weight is 228 g/mol. The molecule has 0 radical (unpaired) electrons. The summed E-state index contributed by atoms with van der Waals surface area (Å²) in [6.07, 6.45) is 0. The van der Waals surface area contributed by atoms with Crippen LogP contribution in [0, 0.1) is 10.4 Å². The molecule has 1 aromatic heterocycles. The van der Waals surface area contributed by atoms with Crippen LogP contribution in [0.1, 0.15) is 0 Å². The van der Waals surface area contributed by atoms with Crippen molar-refractivity contribution in [1.29, 1.82) is 0 Å². The van der Waals surface area contributed by atoms with Crippen molar-refractivity contribution in [2.45, 2.75) is 0 Å². The standard InChI is InChI=1S/C12H8N2O3/c15-8-5-6-11-12(7-8)14(17)10-4-2-1-3-9(10)13(11)16/h1-7,15H. The van der Waals surface area contributed by atoms with Crippen LogP contribution in [0.15, 0.2) is 42.5 Å². The summed E-state index contributed by atoms with van der Waals surface area (Å²) in [5.74, 6) is -0.0441. The van der Waals surface area contributed by atoms with E-state index in [0.717, 1.165) is 0 Å². The van der Waals surface area contributed by atoms with Gasteiger partial charge >= 0.3 is 0 Å². The van der Waals surface area contributed by atoms with Gasteiger partial charge in [0.05, 0.1) is 6.07 Å². The molecule has 0 aliphatic rings. The number of benzene rings is 2. The van der Waals surface area contributed by atoms with E-state index in [1.807, 2.05) is 0 Å². The molecular formula is C12H8N2O3. The third-order valence-corrected chi connectivity index (χ3v) is 2.72. The fourth-order valence-electron chi connectivity index (χ4n) is 1.91. The lowest BCUT2D eigenvalue weighted by atomic mass is 10.2. The zero-order chi connectivity index (χ0) is 12.0. The number of hydrogen-bond donors (Lipinski definition) is 1. The van der Waals surface area contributed by atoms with Gasteiger partial charge in [-0.2, -0.15) is 9.46 Å². The third kappa shape index (κ3) is 1.25. The second-order valence-corrected chi connectivity index (χ2v) is 3.75. The normalized spacial score (nSPS) is 11.1. The largest absolute Gasteiger partial charge is 0.617 e. The van der Waals surface area contributed by atoms with E-state index in [0.29, 0.717) is 15.0 Å². The van der Waals surface area contributed by atoms with E-state index in [9.17, 15) is 15.5 Å². The number of fused-ring (bicyclic) bond motifs is 2. The Kier molecular flexibility index (Phi) is 1.82. The number of phenolic OH excluding ortho intramolecular Hbond substituents is 1. The van der Waals surface area contributed by atoms with Crippen LogP contribution in [-0.2, 0) is 0 Å². The molecule has 0 unspecified atom stereocenters. The van der Waals surface area contributed by atoms with Gasteiger partial charge in [-0.25, -0.2) is 0 Å². The lowest BCUT2D eigenvalue weighted by Gasteiger charge is -2.07. The number of aromatic nitrogens is 2. The Bertz CT molecular complexity index is 740. The molecule has 0 bridgehead atoms. The van der Waals surface area contributed by atoms with Crippen LogP contribution in [0.4, 0.5) is 0 Å². The Labute approximate surface area is 95.9 Å². The third-order valence-electron chi connectivity index (χ3n) is 2.72. The van der Waals surface area contributed by atoms with E-state index >= 15 is 0 Å². The SMILES string of the molecule is [O-][n+]1c2ccccc2[n+]([O-])c2cc(O)ccc21. The Morgan fingerprint density at radius 3 is 1.94 bits per heavy atom. The topological polar surface area (TPSA) is 74.1 Å². The molecule has 3 aromatic rings. The first-order valence-corrected chi connectivity index (χ1v) is 5.05. The van der Waals surface area contributed by atoms with Gasteiger partial charge < -0.3 is 15.5 Å². The van der Waals surface area contributed by atoms with Gasteiger partial charge in [0, 0.05) is 18.2 Å². The Hall–Kier alpha value is -2.56. The summed E-state index contributed by atoms with van der Waals surface area (Å²) in [5.41, 5.74) is 0.969. The monoisotopic (exact) mass is 228 g/mol. The molecular weight excluding hydrogens is 220 g/mol. The highest BCUT2D eigenvalue weighted by Crippen LogP contribution is 2.16. The van der Waals surface area contributed by atoms with E-state index in [1.54, 1.807) is 24.3 Å². The quantitative estimate of drug-likeness (QED) is 0.354. The molecule has 0 saturated carbocycles. The van der Waals surface area contributed by atoms with Crippen molar-refractivity contribution < 1.29 is 14.6 Å². The highest BCUT2D eigenvalue weighted by atomic mass is 16.5. The molecule has 0 fully saturated rings. The van der Waals surface area contributed by atoms with Crippen LogP contribution < -0.4 is 9.46 Å². The fraction of sp³-hybridized carbons (Fsp3) is 0. The minimum absolute atomic E-state index is 0.0441. The molecule has 5 nitrogen and oxygen atoms in total. The van der Waals surface area contributed by atoms with Crippen LogP contribution in [0.3, 0.4) is 0 Å². The summed E-state index contributed by atoms with van der Waals surface area (Å²) < 4.78 is 1.34. The van der Waals surface area contributed by atoms with Crippen LogP contribution in [0.25, 0.3) is 22.1 Å². The number of phenols is 1. The number of rotatable bonds is 0. The van der Waals surface area contributed by atoms with E-state index < -0.39 is 0 Å². The number of hydrogen-bond acceptors (Lipinski definition) is 3. The van der Waals surface area contributed by atoms with Crippen molar-refractivity contribution in [2.24, 2.45) is 0 Å². The van der Waals surface area contributed by atoms with E-state index in [4.69, 9.17) is 0 Å². The molecule has 5 heteroatoms. The van der Waals surface area contributed by atoms with Crippen molar-refractivity contribution in [1.82, 2.24) is 0 Å². The zero-order valence-corrected chi connectivity index (χ0v) is 8.70. The van der Waals surface area contributed by atoms with E-state index in [1.165, 1.54) is 18.2 Å². The molecule has 0 saturated heterocycles. The molecule has 0 aliphatic carbocycles. The molecule has 17 heavy (non-hydrogen) atoms. The maximum atomic E-state index is 12.0. The fourth-order valence-corrected chi connectivity index (χ4v) is 1.91. The van der Waals surface area contributed by atoms with Gasteiger partial charge in [0.15, 0.2) is 0 Å². The van der Waals surface area contributed by atoms with Crippen LogP contribution in [0.5, 0.6) is 5.75 Å². The van der Waals surface area contributed by atoms with Gasteiger partial charge in [0.1, 0.15) is 5.75 Å². The van der Waals surface area contributed by atoms with Crippen LogP contribution in [-0.4, -0.2) is 5.11 Å². The first-order chi connectivity index (χ1) is 8.18. The second kappa shape index (κ2) is 3.21. The molecule has 1 heterocycles. The van der Waals surface area contributed by atoms with Crippen molar-refractivity contribution >= 4 is 22.1 Å². The van der Waals surface area contributed by atoms with Gasteiger partial charge in [0.2, 0.25) is 0 Å². The van der Waals surface area contributed by atoms with Gasteiger partial charge in [-0.3, -0.25) is 0 Å². The number of nitrogens with zero attached hydrogens (tertiary/aromatic N) is 2. The molecule has 0 atom stereocenters. The lowest BCUT2D eigenvalue weighted by molar-refractivity contribution is -0.591. The van der Waals surface area contributed by atoms with Crippen LogP contribution in [0.2, 0.25) is 0 Å². The Morgan fingerprint density at radius 1 is 0.765 bits per heavy atom. The average Bonchev–Trinajstić information content (AvgIpc) is 2.36. The van der Waals surface area contributed by atoms with Crippen molar-refractivity contribution in [3.63, 3.8) is 0 Å². The molecule has 84 valence electrons. The van der Waals surface area contributed by atoms with Crippen molar-refractivity contribution in [3.05, 3.63) is 52.9 Å². The lowest BCUT2D eigenvalue weighted by Crippen LogP contribution is -2.39. The number of para-hydroxylation sites is 2. The minimum atomic E-state index is -0.0441. The maximum absolute atomic E-state index is 12.0. The van der Waals surface area contributed by atoms with Crippen LogP contribution >= 0.6 is 0 Å². The highest BCUT2D eigenvalue weighted by Gasteiger charge is 2.20. The van der Waals surface area contributed by atoms with Crippen molar-refractivity contribution in [2.75, 3.05) is 0 Å². The summed E-state index contributed by atoms with van der Waals surface area (Å²) in [6.45, 7) is 0. The first kappa shape index (κ1) is 9.65.